The van der Waals surface area contributed by atoms with Gasteiger partial charge in [-0.05, 0) is 41.4 Å². The van der Waals surface area contributed by atoms with Crippen molar-refractivity contribution in [1.29, 1.82) is 0 Å². The van der Waals surface area contributed by atoms with E-state index >= 15 is 4.39 Å². The molecule has 11 heteroatoms. The van der Waals surface area contributed by atoms with Crippen molar-refractivity contribution in [3.63, 3.8) is 0 Å². The second-order valence-electron chi connectivity index (χ2n) is 9.17. The summed E-state index contributed by atoms with van der Waals surface area (Å²) >= 11 is 9.35. The van der Waals surface area contributed by atoms with Gasteiger partial charge in [0.1, 0.15) is 30.2 Å². The number of anilines is 1. The van der Waals surface area contributed by atoms with E-state index in [4.69, 9.17) is 23.8 Å². The first kappa shape index (κ1) is 19.9. The fraction of sp³-hybridized carbons (Fsp3) is 0.636. The molecule has 4 fully saturated rings. The molecule has 1 aliphatic carbocycles. The molecule has 4 aliphatic rings. The minimum Gasteiger partial charge on any atom is -0.461 e. The van der Waals surface area contributed by atoms with Crippen molar-refractivity contribution in [2.24, 2.45) is 5.92 Å². The Morgan fingerprint density at radius 1 is 1.36 bits per heavy atom. The van der Waals surface area contributed by atoms with Crippen LogP contribution < -0.4 is 9.64 Å². The molecule has 0 spiro atoms. The molecule has 0 bridgehead atoms. The average Bonchev–Trinajstić information content (AvgIpc) is 3.15. The molecule has 0 N–H and O–H groups in total. The van der Waals surface area contributed by atoms with Crippen LogP contribution in [-0.2, 0) is 4.74 Å². The van der Waals surface area contributed by atoms with Gasteiger partial charge in [0.25, 0.3) is 0 Å². The normalized spacial score (nSPS) is 35.1. The summed E-state index contributed by atoms with van der Waals surface area (Å²) < 4.78 is 73.0. The Hall–Kier alpha value is -1.36. The van der Waals surface area contributed by atoms with E-state index in [-0.39, 0.29) is 51.7 Å². The highest BCUT2D eigenvalue weighted by Crippen LogP contribution is 2.46. The van der Waals surface area contributed by atoms with Crippen LogP contribution in [-0.4, -0.2) is 78.2 Å². The van der Waals surface area contributed by atoms with Crippen LogP contribution in [0.1, 0.15) is 22.0 Å². The Morgan fingerprint density at radius 3 is 3.06 bits per heavy atom. The monoisotopic (exact) mass is 548 g/mol. The van der Waals surface area contributed by atoms with Crippen molar-refractivity contribution in [2.75, 3.05) is 44.3 Å². The Balaban J connectivity index is 1.46. The van der Waals surface area contributed by atoms with Gasteiger partial charge in [-0.1, -0.05) is 11.6 Å². The quantitative estimate of drug-likeness (QED) is 0.530. The fourth-order valence-electron chi connectivity index (χ4n) is 5.49. The summed E-state index contributed by atoms with van der Waals surface area (Å²) in [7, 11) is 0. The van der Waals surface area contributed by atoms with Crippen molar-refractivity contribution >= 4 is 44.3 Å². The molecule has 6 rings (SSSR count). The van der Waals surface area contributed by atoms with E-state index in [1.165, 1.54) is 6.07 Å². The fourth-order valence-corrected chi connectivity index (χ4v) is 5.98. The van der Waals surface area contributed by atoms with Crippen molar-refractivity contribution in [2.45, 2.75) is 43.2 Å². The number of hydrogen-bond donors (Lipinski definition) is 0. The molecule has 3 saturated heterocycles. The van der Waals surface area contributed by atoms with Crippen LogP contribution in [0.15, 0.2) is 10.5 Å². The van der Waals surface area contributed by atoms with Crippen LogP contribution in [0.2, 0.25) is 5.02 Å². The Kier molecular flexibility index (Phi) is 4.88. The molecular weight excluding hydrogens is 525 g/mol. The van der Waals surface area contributed by atoms with E-state index < -0.39 is 42.3 Å². The lowest BCUT2D eigenvalue weighted by Gasteiger charge is -2.31. The molecule has 3 aliphatic heterocycles. The summed E-state index contributed by atoms with van der Waals surface area (Å²) in [5, 5.41) is 0.355. The highest BCUT2D eigenvalue weighted by molar-refractivity contribution is 9.10. The van der Waals surface area contributed by atoms with Gasteiger partial charge in [-0.3, -0.25) is 4.90 Å². The van der Waals surface area contributed by atoms with Crippen LogP contribution in [0.3, 0.4) is 0 Å². The van der Waals surface area contributed by atoms with Crippen LogP contribution in [0, 0.1) is 11.7 Å². The summed E-state index contributed by atoms with van der Waals surface area (Å²) in [6.45, 7) is -0.728. The number of fused-ring (bicyclic) bond motifs is 3. The van der Waals surface area contributed by atoms with Crippen LogP contribution in [0.5, 0.6) is 6.01 Å². The van der Waals surface area contributed by atoms with Gasteiger partial charge in [-0.15, -0.1) is 0 Å². The molecule has 1 aromatic heterocycles. The topological polar surface area (TPSA) is 50.7 Å². The Bertz CT molecular complexity index is 1200. The summed E-state index contributed by atoms with van der Waals surface area (Å²) in [5.74, 6) is -0.896. The minimum atomic E-state index is -2.35. The van der Waals surface area contributed by atoms with Crippen LogP contribution in [0.4, 0.5) is 19.0 Å². The Labute approximate surface area is 205 Å². The summed E-state index contributed by atoms with van der Waals surface area (Å²) in [5.41, 5.74) is -1.29. The lowest BCUT2D eigenvalue weighted by atomic mass is 9.95. The first-order valence-corrected chi connectivity index (χ1v) is 12.2. The number of nitrogens with zero attached hydrogens (tertiary/aromatic N) is 4. The first-order chi connectivity index (χ1) is 16.6. The Morgan fingerprint density at radius 2 is 2.21 bits per heavy atom. The highest BCUT2D eigenvalue weighted by atomic mass is 79.9. The van der Waals surface area contributed by atoms with E-state index in [1.807, 2.05) is 0 Å². The maximum absolute atomic E-state index is 15.3. The van der Waals surface area contributed by atoms with Gasteiger partial charge in [0, 0.05) is 30.8 Å². The zero-order chi connectivity index (χ0) is 24.7. The largest absolute Gasteiger partial charge is 0.461 e. The van der Waals surface area contributed by atoms with Gasteiger partial charge < -0.3 is 14.4 Å². The van der Waals surface area contributed by atoms with Crippen molar-refractivity contribution in [3.8, 4) is 6.01 Å². The maximum atomic E-state index is 15.3. The lowest BCUT2D eigenvalue weighted by Crippen LogP contribution is -2.43. The van der Waals surface area contributed by atoms with Crippen LogP contribution in [0.25, 0.3) is 10.9 Å². The minimum absolute atomic E-state index is 0.00577. The number of ether oxygens (including phenoxy) is 2. The number of benzene rings is 1. The molecule has 0 unspecified atom stereocenters. The predicted octanol–water partition coefficient (Wildman–Crippen LogP) is 4.31. The molecule has 0 radical (unpaired) electrons. The molecule has 1 aromatic carbocycles. The number of halogens is 5. The molecular formula is C22H23BrClF3N4O2. The second-order valence-corrected chi connectivity index (χ2v) is 10.4. The third-order valence-electron chi connectivity index (χ3n) is 7.17. The second kappa shape index (κ2) is 8.10. The maximum Gasteiger partial charge on any atom is 0.319 e. The standard InChI is InChI=1S/C22H23BrClF3N4O2/c23-15-14(24)6-12-18(17(15)27)28-21(33-10-22-2-1-3-30(22)8-11(25)7-22)29-20(12)31-4-5-32-9-13-16(26)19(13)31/h6,11,13,16,19H,1-5,7-10H2/t11-,13-,16-,19-,22+/m1/s1/i10D2. The SMILES string of the molecule is [2H]C([2H])(Oc1nc(N2CCOC[C@@H]3[C@@H](F)[C@@H]32)c2cc(Cl)c(Br)c(F)c2n1)[C@@]12CCCN1C[C@H](F)C2. The number of alkyl halides is 2. The van der Waals surface area contributed by atoms with Crippen molar-refractivity contribution in [1.82, 2.24) is 14.9 Å². The van der Waals surface area contributed by atoms with Gasteiger partial charge in [0.2, 0.25) is 0 Å². The van der Waals surface area contributed by atoms with Crippen molar-refractivity contribution in [3.05, 3.63) is 21.4 Å². The molecule has 5 atom stereocenters. The number of hydrogen-bond acceptors (Lipinski definition) is 6. The molecule has 4 heterocycles. The molecule has 178 valence electrons. The predicted molar refractivity (Wildman–Crippen MR) is 121 cm³/mol. The summed E-state index contributed by atoms with van der Waals surface area (Å²) in [6, 6.07) is 0.597. The third kappa shape index (κ3) is 3.59. The van der Waals surface area contributed by atoms with E-state index in [0.717, 1.165) is 0 Å². The van der Waals surface area contributed by atoms with E-state index in [0.29, 0.717) is 32.5 Å². The van der Waals surface area contributed by atoms with E-state index in [9.17, 15) is 8.78 Å². The number of aromatic nitrogens is 2. The van der Waals surface area contributed by atoms with Gasteiger partial charge in [-0.25, -0.2) is 13.2 Å². The molecule has 33 heavy (non-hydrogen) atoms. The molecule has 0 amide bonds. The smallest absolute Gasteiger partial charge is 0.319 e. The number of rotatable bonds is 4. The summed E-state index contributed by atoms with van der Waals surface area (Å²) in [6.07, 6.45) is -1.16. The zero-order valence-electron chi connectivity index (χ0n) is 19.5. The zero-order valence-corrected chi connectivity index (χ0v) is 19.9. The van der Waals surface area contributed by atoms with E-state index in [1.54, 1.807) is 9.80 Å². The summed E-state index contributed by atoms with van der Waals surface area (Å²) in [4.78, 5) is 12.1. The molecule has 2 aromatic rings. The van der Waals surface area contributed by atoms with E-state index in [2.05, 4.69) is 25.9 Å². The van der Waals surface area contributed by atoms with Crippen LogP contribution >= 0.6 is 27.5 Å². The highest BCUT2D eigenvalue weighted by Gasteiger charge is 2.56. The van der Waals surface area contributed by atoms with Crippen molar-refractivity contribution < 1.29 is 25.4 Å². The molecule has 1 saturated carbocycles. The van der Waals surface area contributed by atoms with Gasteiger partial charge in [0.15, 0.2) is 5.82 Å². The third-order valence-corrected chi connectivity index (χ3v) is 8.47. The van der Waals surface area contributed by atoms with Gasteiger partial charge in [0.05, 0.1) is 37.0 Å². The molecule has 6 nitrogen and oxygen atoms in total. The average molecular weight is 550 g/mol. The van der Waals surface area contributed by atoms with Gasteiger partial charge >= 0.3 is 6.01 Å². The van der Waals surface area contributed by atoms with Gasteiger partial charge in [-0.2, -0.15) is 9.97 Å². The lowest BCUT2D eigenvalue weighted by molar-refractivity contribution is 0.107. The first-order valence-electron chi connectivity index (χ1n) is 12.0.